The van der Waals surface area contributed by atoms with Gasteiger partial charge in [0.1, 0.15) is 11.6 Å². The van der Waals surface area contributed by atoms with E-state index < -0.39 is 0 Å². The molecule has 7 heteroatoms. The molecule has 0 amide bonds. The lowest BCUT2D eigenvalue weighted by Gasteiger charge is -2.32. The summed E-state index contributed by atoms with van der Waals surface area (Å²) in [5.41, 5.74) is 1.07. The van der Waals surface area contributed by atoms with Crippen LogP contribution < -0.4 is 4.90 Å². The van der Waals surface area contributed by atoms with Gasteiger partial charge in [-0.15, -0.1) is 0 Å². The highest BCUT2D eigenvalue weighted by Gasteiger charge is 2.24. The molecule has 1 aliphatic heterocycles. The van der Waals surface area contributed by atoms with Gasteiger partial charge in [-0.3, -0.25) is 0 Å². The second-order valence-electron chi connectivity index (χ2n) is 5.79. The van der Waals surface area contributed by atoms with Crippen LogP contribution in [0.2, 0.25) is 0 Å². The summed E-state index contributed by atoms with van der Waals surface area (Å²) in [7, 11) is 0. The van der Waals surface area contributed by atoms with E-state index in [2.05, 4.69) is 33.2 Å². The maximum atomic E-state index is 5.92. The Balaban J connectivity index is 1.51. The van der Waals surface area contributed by atoms with Gasteiger partial charge in [-0.1, -0.05) is 23.5 Å². The quantitative estimate of drug-likeness (QED) is 0.738. The van der Waals surface area contributed by atoms with E-state index in [-0.39, 0.29) is 6.10 Å². The SMILES string of the molecule is Cc1nc(C)n(C[C@H]2CN(c3nc4ccccc4s3)CCO2)n1. The minimum atomic E-state index is 0.107. The number of nitrogens with zero attached hydrogens (tertiary/aromatic N) is 5. The zero-order valence-corrected chi connectivity index (χ0v) is 14.1. The molecule has 1 aromatic carbocycles. The molecule has 4 rings (SSSR count). The zero-order chi connectivity index (χ0) is 15.8. The Morgan fingerprint density at radius 1 is 1.26 bits per heavy atom. The largest absolute Gasteiger partial charge is 0.373 e. The summed E-state index contributed by atoms with van der Waals surface area (Å²) in [5, 5.41) is 5.51. The first-order chi connectivity index (χ1) is 11.2. The van der Waals surface area contributed by atoms with Crippen LogP contribution >= 0.6 is 11.3 Å². The fraction of sp³-hybridized carbons (Fsp3) is 0.438. The first kappa shape index (κ1) is 14.6. The van der Waals surface area contributed by atoms with Gasteiger partial charge in [0.25, 0.3) is 0 Å². The molecule has 3 aromatic rings. The number of ether oxygens (including phenoxy) is 1. The summed E-state index contributed by atoms with van der Waals surface area (Å²) < 4.78 is 9.08. The molecule has 0 unspecified atom stereocenters. The van der Waals surface area contributed by atoms with Gasteiger partial charge in [-0.05, 0) is 26.0 Å². The molecule has 1 atom stereocenters. The van der Waals surface area contributed by atoms with Gasteiger partial charge in [0.15, 0.2) is 5.13 Å². The molecular formula is C16H19N5OS. The van der Waals surface area contributed by atoms with Gasteiger partial charge in [-0.2, -0.15) is 5.10 Å². The number of aryl methyl sites for hydroxylation is 2. The maximum Gasteiger partial charge on any atom is 0.186 e. The number of hydrogen-bond acceptors (Lipinski definition) is 6. The van der Waals surface area contributed by atoms with E-state index in [1.54, 1.807) is 11.3 Å². The molecule has 120 valence electrons. The molecule has 1 saturated heterocycles. The van der Waals surface area contributed by atoms with Gasteiger partial charge >= 0.3 is 0 Å². The highest BCUT2D eigenvalue weighted by molar-refractivity contribution is 7.22. The van der Waals surface area contributed by atoms with Gasteiger partial charge in [-0.25, -0.2) is 14.6 Å². The fourth-order valence-electron chi connectivity index (χ4n) is 2.93. The Kier molecular flexibility index (Phi) is 3.74. The number of para-hydroxylation sites is 1. The van der Waals surface area contributed by atoms with E-state index in [1.807, 2.05) is 24.6 Å². The summed E-state index contributed by atoms with van der Waals surface area (Å²) in [6.07, 6.45) is 0.107. The van der Waals surface area contributed by atoms with Crippen molar-refractivity contribution in [3.05, 3.63) is 35.9 Å². The van der Waals surface area contributed by atoms with Crippen molar-refractivity contribution in [2.45, 2.75) is 26.5 Å². The Morgan fingerprint density at radius 2 is 2.13 bits per heavy atom. The number of morpholine rings is 1. The van der Waals surface area contributed by atoms with Gasteiger partial charge in [0, 0.05) is 13.1 Å². The molecule has 3 heterocycles. The predicted molar refractivity (Wildman–Crippen MR) is 91.1 cm³/mol. The van der Waals surface area contributed by atoms with E-state index in [4.69, 9.17) is 9.72 Å². The number of rotatable bonds is 3. The Morgan fingerprint density at radius 3 is 2.91 bits per heavy atom. The first-order valence-corrected chi connectivity index (χ1v) is 8.61. The van der Waals surface area contributed by atoms with Crippen LogP contribution in [-0.4, -0.2) is 45.5 Å². The predicted octanol–water partition coefficient (Wildman–Crippen LogP) is 2.41. The van der Waals surface area contributed by atoms with E-state index >= 15 is 0 Å². The summed E-state index contributed by atoms with van der Waals surface area (Å²) in [5.74, 6) is 1.74. The van der Waals surface area contributed by atoms with Crippen molar-refractivity contribution in [3.8, 4) is 0 Å². The van der Waals surface area contributed by atoms with Crippen LogP contribution in [-0.2, 0) is 11.3 Å². The smallest absolute Gasteiger partial charge is 0.186 e. The van der Waals surface area contributed by atoms with Crippen LogP contribution in [0.4, 0.5) is 5.13 Å². The molecule has 1 aliphatic rings. The summed E-state index contributed by atoms with van der Waals surface area (Å²) in [6, 6.07) is 8.27. The standard InChI is InChI=1S/C16H19N5OS/c1-11-17-12(2)21(19-11)10-13-9-20(7-8-22-13)16-18-14-5-3-4-6-15(14)23-16/h3-6,13H,7-10H2,1-2H3/t13-/m1/s1. The van der Waals surface area contributed by atoms with Crippen LogP contribution in [0, 0.1) is 13.8 Å². The molecule has 0 aliphatic carbocycles. The van der Waals surface area contributed by atoms with Crippen molar-refractivity contribution in [3.63, 3.8) is 0 Å². The van der Waals surface area contributed by atoms with Crippen molar-refractivity contribution < 1.29 is 4.74 Å². The highest BCUT2D eigenvalue weighted by Crippen LogP contribution is 2.29. The third-order valence-corrected chi connectivity index (χ3v) is 5.13. The minimum Gasteiger partial charge on any atom is -0.373 e. The first-order valence-electron chi connectivity index (χ1n) is 7.79. The van der Waals surface area contributed by atoms with Gasteiger partial charge in [0.05, 0.1) is 29.5 Å². The van der Waals surface area contributed by atoms with Crippen molar-refractivity contribution in [2.75, 3.05) is 24.6 Å². The minimum absolute atomic E-state index is 0.107. The topological polar surface area (TPSA) is 56.1 Å². The van der Waals surface area contributed by atoms with Crippen molar-refractivity contribution >= 4 is 26.7 Å². The van der Waals surface area contributed by atoms with E-state index in [0.717, 1.165) is 41.9 Å². The Labute approximate surface area is 138 Å². The van der Waals surface area contributed by atoms with E-state index in [0.29, 0.717) is 6.61 Å². The molecule has 0 saturated carbocycles. The maximum absolute atomic E-state index is 5.92. The second-order valence-corrected chi connectivity index (χ2v) is 6.80. The van der Waals surface area contributed by atoms with E-state index in [1.165, 1.54) is 4.70 Å². The lowest BCUT2D eigenvalue weighted by atomic mass is 10.3. The zero-order valence-electron chi connectivity index (χ0n) is 13.3. The molecule has 0 bridgehead atoms. The number of thiazole rings is 1. The molecule has 0 spiro atoms. The van der Waals surface area contributed by atoms with Gasteiger partial charge < -0.3 is 9.64 Å². The molecule has 23 heavy (non-hydrogen) atoms. The summed E-state index contributed by atoms with van der Waals surface area (Å²) in [4.78, 5) is 11.4. The summed E-state index contributed by atoms with van der Waals surface area (Å²) in [6.45, 7) is 7.05. The van der Waals surface area contributed by atoms with Crippen molar-refractivity contribution in [1.29, 1.82) is 0 Å². The average Bonchev–Trinajstić information content (AvgIpc) is 3.11. The number of fused-ring (bicyclic) bond motifs is 1. The number of benzene rings is 1. The lowest BCUT2D eigenvalue weighted by molar-refractivity contribution is 0.0269. The lowest BCUT2D eigenvalue weighted by Crippen LogP contribution is -2.44. The van der Waals surface area contributed by atoms with Crippen LogP contribution in [0.5, 0.6) is 0 Å². The Bertz CT molecular complexity index is 794. The fourth-order valence-corrected chi connectivity index (χ4v) is 3.93. The van der Waals surface area contributed by atoms with Crippen LogP contribution in [0.25, 0.3) is 10.2 Å². The number of hydrogen-bond donors (Lipinski definition) is 0. The molecule has 1 fully saturated rings. The van der Waals surface area contributed by atoms with E-state index in [9.17, 15) is 0 Å². The van der Waals surface area contributed by atoms with Crippen molar-refractivity contribution in [2.24, 2.45) is 0 Å². The second kappa shape index (κ2) is 5.90. The third-order valence-electron chi connectivity index (χ3n) is 4.03. The molecule has 2 aromatic heterocycles. The molecule has 0 N–H and O–H groups in total. The molecular weight excluding hydrogens is 310 g/mol. The highest BCUT2D eigenvalue weighted by atomic mass is 32.1. The number of anilines is 1. The summed E-state index contributed by atoms with van der Waals surface area (Å²) >= 11 is 1.74. The van der Waals surface area contributed by atoms with Crippen LogP contribution in [0.15, 0.2) is 24.3 Å². The van der Waals surface area contributed by atoms with Crippen molar-refractivity contribution in [1.82, 2.24) is 19.7 Å². The molecule has 0 radical (unpaired) electrons. The van der Waals surface area contributed by atoms with Gasteiger partial charge in [0.2, 0.25) is 0 Å². The van der Waals surface area contributed by atoms with Crippen LogP contribution in [0.1, 0.15) is 11.6 Å². The monoisotopic (exact) mass is 329 g/mol. The Hall–Kier alpha value is -1.99. The third kappa shape index (κ3) is 2.94. The molecule has 6 nitrogen and oxygen atoms in total. The normalized spacial score (nSPS) is 18.7. The number of aromatic nitrogens is 4. The van der Waals surface area contributed by atoms with Crippen LogP contribution in [0.3, 0.4) is 0 Å². The average molecular weight is 329 g/mol.